The largest absolute Gasteiger partial charge is 0.466 e. The highest BCUT2D eigenvalue weighted by atomic mass is 35.5. The number of carbonyl (C=O) groups is 2. The van der Waals surface area contributed by atoms with Crippen LogP contribution >= 0.6 is 11.6 Å². The van der Waals surface area contributed by atoms with Gasteiger partial charge in [-0.2, -0.15) is 0 Å². The zero-order valence-electron chi connectivity index (χ0n) is 10.3. The second kappa shape index (κ2) is 4.98. The van der Waals surface area contributed by atoms with Gasteiger partial charge in [0.1, 0.15) is 0 Å². The molecule has 0 aliphatic carbocycles. The normalized spacial score (nSPS) is 18.5. The SMILES string of the molecule is CCOC(=O)C1CC(=O)N(C)c2ccc(Cl)cc21. The summed E-state index contributed by atoms with van der Waals surface area (Å²) >= 11 is 5.95. The van der Waals surface area contributed by atoms with Gasteiger partial charge in [0.25, 0.3) is 0 Å². The topological polar surface area (TPSA) is 46.6 Å². The summed E-state index contributed by atoms with van der Waals surface area (Å²) in [5.74, 6) is -1.02. The highest BCUT2D eigenvalue weighted by molar-refractivity contribution is 6.30. The van der Waals surface area contributed by atoms with Crippen LogP contribution in [0.1, 0.15) is 24.8 Å². The molecule has 18 heavy (non-hydrogen) atoms. The molecule has 0 fully saturated rings. The number of esters is 1. The van der Waals surface area contributed by atoms with Crippen LogP contribution < -0.4 is 4.90 Å². The van der Waals surface area contributed by atoms with Gasteiger partial charge in [-0.15, -0.1) is 0 Å². The van der Waals surface area contributed by atoms with Gasteiger partial charge in [-0.25, -0.2) is 0 Å². The molecule has 4 nitrogen and oxygen atoms in total. The number of anilines is 1. The first kappa shape index (κ1) is 12.9. The quantitative estimate of drug-likeness (QED) is 0.773. The predicted octanol–water partition coefficient (Wildman–Crippen LogP) is 2.35. The summed E-state index contributed by atoms with van der Waals surface area (Å²) in [5.41, 5.74) is 1.47. The van der Waals surface area contributed by atoms with E-state index in [0.29, 0.717) is 17.3 Å². The molecule has 1 heterocycles. The van der Waals surface area contributed by atoms with Crippen LogP contribution in [0.3, 0.4) is 0 Å². The molecule has 1 amide bonds. The maximum absolute atomic E-state index is 11.9. The van der Waals surface area contributed by atoms with Crippen LogP contribution in [-0.4, -0.2) is 25.5 Å². The van der Waals surface area contributed by atoms with Crippen molar-refractivity contribution in [2.24, 2.45) is 0 Å². The van der Waals surface area contributed by atoms with Crippen LogP contribution in [0.25, 0.3) is 0 Å². The third-order valence-electron chi connectivity index (χ3n) is 3.05. The third kappa shape index (κ3) is 2.20. The van der Waals surface area contributed by atoms with Gasteiger partial charge in [0.05, 0.1) is 12.5 Å². The molecule has 0 bridgehead atoms. The average Bonchev–Trinajstić information content (AvgIpc) is 2.34. The van der Waals surface area contributed by atoms with Gasteiger partial charge in [-0.05, 0) is 30.7 Å². The Morgan fingerprint density at radius 3 is 2.94 bits per heavy atom. The lowest BCUT2D eigenvalue weighted by atomic mass is 9.89. The zero-order valence-corrected chi connectivity index (χ0v) is 11.0. The molecule has 0 aromatic heterocycles. The number of benzene rings is 1. The summed E-state index contributed by atoms with van der Waals surface area (Å²) < 4.78 is 5.01. The summed E-state index contributed by atoms with van der Waals surface area (Å²) in [6.45, 7) is 2.04. The minimum absolute atomic E-state index is 0.0946. The summed E-state index contributed by atoms with van der Waals surface area (Å²) in [7, 11) is 1.69. The Morgan fingerprint density at radius 1 is 1.56 bits per heavy atom. The molecular weight excluding hydrogens is 254 g/mol. The molecule has 96 valence electrons. The van der Waals surface area contributed by atoms with E-state index in [2.05, 4.69) is 0 Å². The Balaban J connectivity index is 2.45. The highest BCUT2D eigenvalue weighted by Gasteiger charge is 2.34. The number of fused-ring (bicyclic) bond motifs is 1. The maximum Gasteiger partial charge on any atom is 0.314 e. The minimum Gasteiger partial charge on any atom is -0.466 e. The van der Waals surface area contributed by atoms with Gasteiger partial charge in [0, 0.05) is 24.2 Å². The molecule has 0 N–H and O–H groups in total. The van der Waals surface area contributed by atoms with E-state index in [1.165, 1.54) is 0 Å². The van der Waals surface area contributed by atoms with Crippen molar-refractivity contribution in [3.63, 3.8) is 0 Å². The van der Waals surface area contributed by atoms with Crippen LogP contribution in [0.2, 0.25) is 5.02 Å². The van der Waals surface area contributed by atoms with Crippen molar-refractivity contribution in [2.75, 3.05) is 18.6 Å². The highest BCUT2D eigenvalue weighted by Crippen LogP contribution is 2.37. The van der Waals surface area contributed by atoms with Crippen molar-refractivity contribution < 1.29 is 14.3 Å². The van der Waals surface area contributed by atoms with Gasteiger partial charge in [-0.3, -0.25) is 9.59 Å². The molecule has 1 aromatic carbocycles. The van der Waals surface area contributed by atoms with Crippen LogP contribution in [0.5, 0.6) is 0 Å². The number of hydrogen-bond acceptors (Lipinski definition) is 3. The van der Waals surface area contributed by atoms with E-state index in [1.54, 1.807) is 37.1 Å². The van der Waals surface area contributed by atoms with Gasteiger partial charge >= 0.3 is 5.97 Å². The van der Waals surface area contributed by atoms with Gasteiger partial charge < -0.3 is 9.64 Å². The van der Waals surface area contributed by atoms with E-state index >= 15 is 0 Å². The van der Waals surface area contributed by atoms with Crippen LogP contribution in [0.4, 0.5) is 5.69 Å². The number of amides is 1. The summed E-state index contributed by atoms with van der Waals surface area (Å²) in [6, 6.07) is 5.18. The third-order valence-corrected chi connectivity index (χ3v) is 3.29. The number of halogens is 1. The fourth-order valence-corrected chi connectivity index (χ4v) is 2.30. The smallest absolute Gasteiger partial charge is 0.314 e. The van der Waals surface area contributed by atoms with Crippen molar-refractivity contribution in [3.05, 3.63) is 28.8 Å². The van der Waals surface area contributed by atoms with Crippen molar-refractivity contribution in [3.8, 4) is 0 Å². The number of carbonyl (C=O) groups excluding carboxylic acids is 2. The first-order chi connectivity index (χ1) is 8.54. The molecule has 0 spiro atoms. The lowest BCUT2D eigenvalue weighted by molar-refractivity contribution is -0.146. The second-order valence-electron chi connectivity index (χ2n) is 4.16. The molecule has 5 heteroatoms. The molecule has 1 aliphatic heterocycles. The van der Waals surface area contributed by atoms with E-state index in [0.717, 1.165) is 5.56 Å². The summed E-state index contributed by atoms with van der Waals surface area (Å²) in [4.78, 5) is 25.3. The lowest BCUT2D eigenvalue weighted by Crippen LogP contribution is -2.36. The van der Waals surface area contributed by atoms with Crippen molar-refractivity contribution in [1.82, 2.24) is 0 Å². The average molecular weight is 268 g/mol. The number of ether oxygens (including phenoxy) is 1. The molecule has 1 aromatic rings. The lowest BCUT2D eigenvalue weighted by Gasteiger charge is -2.30. The Labute approximate surface area is 110 Å². The monoisotopic (exact) mass is 267 g/mol. The molecular formula is C13H14ClNO3. The van der Waals surface area contributed by atoms with E-state index in [9.17, 15) is 9.59 Å². The molecule has 0 radical (unpaired) electrons. The zero-order chi connectivity index (χ0) is 13.3. The van der Waals surface area contributed by atoms with Crippen molar-refractivity contribution in [2.45, 2.75) is 19.3 Å². The van der Waals surface area contributed by atoms with Gasteiger partial charge in [-0.1, -0.05) is 11.6 Å². The van der Waals surface area contributed by atoms with Crippen molar-refractivity contribution >= 4 is 29.2 Å². The number of nitrogens with zero attached hydrogens (tertiary/aromatic N) is 1. The van der Waals surface area contributed by atoms with E-state index in [-0.39, 0.29) is 18.3 Å². The molecule has 0 saturated heterocycles. The molecule has 1 atom stereocenters. The second-order valence-corrected chi connectivity index (χ2v) is 4.60. The fraction of sp³-hybridized carbons (Fsp3) is 0.385. The first-order valence-corrected chi connectivity index (χ1v) is 6.15. The van der Waals surface area contributed by atoms with Crippen molar-refractivity contribution in [1.29, 1.82) is 0 Å². The molecule has 1 unspecified atom stereocenters. The van der Waals surface area contributed by atoms with Gasteiger partial charge in [0.2, 0.25) is 5.91 Å². The summed E-state index contributed by atoms with van der Waals surface area (Å²) in [5, 5.41) is 0.547. The van der Waals surface area contributed by atoms with E-state index in [1.807, 2.05) is 0 Å². The Bertz CT molecular complexity index is 501. The summed E-state index contributed by atoms with van der Waals surface area (Å²) in [6.07, 6.45) is 0.128. The minimum atomic E-state index is -0.553. The molecule has 1 aliphatic rings. The van der Waals surface area contributed by atoms with E-state index < -0.39 is 5.92 Å². The van der Waals surface area contributed by atoms with Crippen LogP contribution in [0, 0.1) is 0 Å². The molecule has 0 saturated carbocycles. The van der Waals surface area contributed by atoms with Gasteiger partial charge in [0.15, 0.2) is 0 Å². The predicted molar refractivity (Wildman–Crippen MR) is 68.9 cm³/mol. The fourth-order valence-electron chi connectivity index (χ4n) is 2.12. The van der Waals surface area contributed by atoms with Crippen LogP contribution in [0.15, 0.2) is 18.2 Å². The number of hydrogen-bond donors (Lipinski definition) is 0. The standard InChI is InChI=1S/C13H14ClNO3/c1-3-18-13(17)10-7-12(16)15(2)11-5-4-8(14)6-9(10)11/h4-6,10H,3,7H2,1-2H3. The Morgan fingerprint density at radius 2 is 2.28 bits per heavy atom. The molecule has 2 rings (SSSR count). The number of rotatable bonds is 2. The maximum atomic E-state index is 11.9. The Kier molecular flexibility index (Phi) is 3.57. The van der Waals surface area contributed by atoms with E-state index in [4.69, 9.17) is 16.3 Å². The van der Waals surface area contributed by atoms with Crippen LogP contribution in [-0.2, 0) is 14.3 Å². The Hall–Kier alpha value is -1.55. The first-order valence-electron chi connectivity index (χ1n) is 5.77.